The minimum atomic E-state index is 0.475. The molecule has 0 bridgehead atoms. The zero-order valence-electron chi connectivity index (χ0n) is 18.6. The van der Waals surface area contributed by atoms with Gasteiger partial charge in [0.25, 0.3) is 0 Å². The fourth-order valence-corrected chi connectivity index (χ4v) is 6.16. The fourth-order valence-electron chi connectivity index (χ4n) is 3.40. The predicted octanol–water partition coefficient (Wildman–Crippen LogP) is 8.18. The third-order valence-electron chi connectivity index (χ3n) is 5.15. The standard InChI is InChI=1S/C24H24Cl2N4S2/c1-6-15(4)31-23-22(17-7-8-20(25)21(26)11-17)28-24(32-23)30-12-19(16(5)29-30)18-9-13(2)27-14(3)10-18/h7-12,15H,6H2,1-5H3. The highest BCUT2D eigenvalue weighted by atomic mass is 35.5. The maximum absolute atomic E-state index is 6.30. The summed E-state index contributed by atoms with van der Waals surface area (Å²) < 4.78 is 3.03. The van der Waals surface area contributed by atoms with Gasteiger partial charge in [0.1, 0.15) is 0 Å². The molecule has 3 heterocycles. The Bertz CT molecular complexity index is 1260. The maximum Gasteiger partial charge on any atom is 0.211 e. The summed E-state index contributed by atoms with van der Waals surface area (Å²) >= 11 is 15.9. The Morgan fingerprint density at radius 2 is 1.72 bits per heavy atom. The predicted molar refractivity (Wildman–Crippen MR) is 138 cm³/mol. The first-order chi connectivity index (χ1) is 15.2. The van der Waals surface area contributed by atoms with E-state index in [1.807, 2.05) is 55.4 Å². The summed E-state index contributed by atoms with van der Waals surface area (Å²) in [7, 11) is 0. The van der Waals surface area contributed by atoms with Crippen molar-refractivity contribution in [2.24, 2.45) is 0 Å². The van der Waals surface area contributed by atoms with Gasteiger partial charge in [-0.15, -0.1) is 11.8 Å². The van der Waals surface area contributed by atoms with E-state index in [-0.39, 0.29) is 0 Å². The first-order valence-electron chi connectivity index (χ1n) is 10.4. The second kappa shape index (κ2) is 9.56. The Balaban J connectivity index is 1.79. The normalized spacial score (nSPS) is 12.3. The van der Waals surface area contributed by atoms with Crippen LogP contribution in [0.15, 0.2) is 40.7 Å². The van der Waals surface area contributed by atoms with Crippen LogP contribution in [-0.4, -0.2) is 25.0 Å². The molecule has 0 N–H and O–H groups in total. The molecule has 0 spiro atoms. The van der Waals surface area contributed by atoms with Gasteiger partial charge in [-0.05, 0) is 57.0 Å². The van der Waals surface area contributed by atoms with Crippen LogP contribution in [-0.2, 0) is 0 Å². The van der Waals surface area contributed by atoms with Crippen LogP contribution in [0.3, 0.4) is 0 Å². The van der Waals surface area contributed by atoms with E-state index in [2.05, 4.69) is 37.2 Å². The van der Waals surface area contributed by atoms with Gasteiger partial charge in [0.15, 0.2) is 0 Å². The summed E-state index contributed by atoms with van der Waals surface area (Å²) in [6.07, 6.45) is 3.13. The number of pyridine rings is 1. The number of aryl methyl sites for hydroxylation is 3. The lowest BCUT2D eigenvalue weighted by Gasteiger charge is -2.08. The summed E-state index contributed by atoms with van der Waals surface area (Å²) in [6, 6.07) is 9.85. The van der Waals surface area contributed by atoms with Crippen LogP contribution in [0.25, 0.3) is 27.5 Å². The van der Waals surface area contributed by atoms with Crippen LogP contribution in [0.4, 0.5) is 0 Å². The maximum atomic E-state index is 6.30. The van der Waals surface area contributed by atoms with Crippen LogP contribution in [0.5, 0.6) is 0 Å². The molecule has 0 aliphatic carbocycles. The molecule has 4 aromatic rings. The minimum absolute atomic E-state index is 0.475. The molecule has 1 atom stereocenters. The molecule has 0 fully saturated rings. The smallest absolute Gasteiger partial charge is 0.211 e. The first-order valence-corrected chi connectivity index (χ1v) is 12.9. The van der Waals surface area contributed by atoms with Gasteiger partial charge in [-0.3, -0.25) is 4.98 Å². The van der Waals surface area contributed by atoms with Crippen LogP contribution in [0.2, 0.25) is 10.0 Å². The van der Waals surface area contributed by atoms with Crippen LogP contribution in [0.1, 0.15) is 37.4 Å². The molecule has 166 valence electrons. The Morgan fingerprint density at radius 3 is 2.38 bits per heavy atom. The molecule has 4 rings (SSSR count). The third-order valence-corrected chi connectivity index (χ3v) is 8.41. The number of thiazole rings is 1. The summed E-state index contributed by atoms with van der Waals surface area (Å²) in [4.78, 5) is 9.47. The number of nitrogens with zero attached hydrogens (tertiary/aromatic N) is 4. The Hall–Kier alpha value is -1.86. The molecule has 0 saturated heterocycles. The van der Waals surface area contributed by atoms with Gasteiger partial charge in [-0.1, -0.05) is 54.5 Å². The summed E-state index contributed by atoms with van der Waals surface area (Å²) in [5.41, 5.74) is 7.02. The van der Waals surface area contributed by atoms with Crippen LogP contribution >= 0.6 is 46.3 Å². The molecule has 0 aliphatic rings. The molecule has 0 radical (unpaired) electrons. The van der Waals surface area contributed by atoms with E-state index >= 15 is 0 Å². The van der Waals surface area contributed by atoms with Crippen molar-refractivity contribution in [1.29, 1.82) is 0 Å². The average Bonchev–Trinajstić information content (AvgIpc) is 3.33. The fraction of sp³-hybridized carbons (Fsp3) is 0.292. The monoisotopic (exact) mass is 502 g/mol. The Morgan fingerprint density at radius 1 is 1.00 bits per heavy atom. The van der Waals surface area contributed by atoms with Crippen LogP contribution < -0.4 is 0 Å². The van der Waals surface area contributed by atoms with Crippen LogP contribution in [0, 0.1) is 20.8 Å². The number of halogens is 2. The highest BCUT2D eigenvalue weighted by molar-refractivity contribution is 8.01. The number of aromatic nitrogens is 4. The molecular formula is C24H24Cl2N4S2. The molecule has 0 amide bonds. The van der Waals surface area contributed by atoms with Crippen molar-refractivity contribution >= 4 is 46.3 Å². The zero-order chi connectivity index (χ0) is 23.0. The van der Waals surface area contributed by atoms with E-state index in [4.69, 9.17) is 33.3 Å². The van der Waals surface area contributed by atoms with E-state index < -0.39 is 0 Å². The number of hydrogen-bond donors (Lipinski definition) is 0. The quantitative estimate of drug-likeness (QED) is 0.249. The van der Waals surface area contributed by atoms with E-state index in [0.29, 0.717) is 15.3 Å². The number of thioether (sulfide) groups is 1. The molecule has 0 aliphatic heterocycles. The highest BCUT2D eigenvalue weighted by Crippen LogP contribution is 2.41. The molecular weight excluding hydrogens is 479 g/mol. The topological polar surface area (TPSA) is 43.6 Å². The summed E-state index contributed by atoms with van der Waals surface area (Å²) in [5, 5.41) is 7.15. The average molecular weight is 504 g/mol. The lowest BCUT2D eigenvalue weighted by atomic mass is 10.1. The number of benzene rings is 1. The van der Waals surface area contributed by atoms with E-state index in [1.54, 1.807) is 11.3 Å². The third kappa shape index (κ3) is 4.88. The molecule has 4 nitrogen and oxygen atoms in total. The minimum Gasteiger partial charge on any atom is -0.258 e. The second-order valence-corrected chi connectivity index (χ2v) is 11.3. The van der Waals surface area contributed by atoms with Crippen molar-refractivity contribution in [2.75, 3.05) is 0 Å². The Labute approximate surface area is 207 Å². The van der Waals surface area contributed by atoms with Gasteiger partial charge in [0, 0.05) is 34.0 Å². The molecule has 8 heteroatoms. The van der Waals surface area contributed by atoms with Gasteiger partial charge in [-0.2, -0.15) is 5.10 Å². The lowest BCUT2D eigenvalue weighted by molar-refractivity contribution is 0.853. The summed E-state index contributed by atoms with van der Waals surface area (Å²) in [6.45, 7) is 10.5. The van der Waals surface area contributed by atoms with Crippen molar-refractivity contribution < 1.29 is 0 Å². The molecule has 1 aromatic carbocycles. The van der Waals surface area contributed by atoms with Gasteiger partial charge >= 0.3 is 0 Å². The van der Waals surface area contributed by atoms with E-state index in [1.165, 1.54) is 0 Å². The van der Waals surface area contributed by atoms with E-state index in [9.17, 15) is 0 Å². The zero-order valence-corrected chi connectivity index (χ0v) is 21.8. The molecule has 1 unspecified atom stereocenters. The summed E-state index contributed by atoms with van der Waals surface area (Å²) in [5.74, 6) is 0. The second-order valence-electron chi connectivity index (χ2n) is 7.81. The van der Waals surface area contributed by atoms with Gasteiger partial charge in [0.2, 0.25) is 5.13 Å². The molecule has 3 aromatic heterocycles. The van der Waals surface area contributed by atoms with Gasteiger partial charge in [-0.25, -0.2) is 9.67 Å². The SMILES string of the molecule is CCC(C)Sc1sc(-n2cc(-c3cc(C)nc(C)c3)c(C)n2)nc1-c1ccc(Cl)c(Cl)c1. The van der Waals surface area contributed by atoms with Gasteiger partial charge < -0.3 is 0 Å². The van der Waals surface area contributed by atoms with Crippen molar-refractivity contribution in [3.63, 3.8) is 0 Å². The van der Waals surface area contributed by atoms with Gasteiger partial charge in [0.05, 0.1) is 25.6 Å². The highest BCUT2D eigenvalue weighted by Gasteiger charge is 2.19. The first kappa shape index (κ1) is 23.3. The van der Waals surface area contributed by atoms with Crippen molar-refractivity contribution in [1.82, 2.24) is 19.7 Å². The number of hydrogen-bond acceptors (Lipinski definition) is 5. The van der Waals surface area contributed by atoms with Crippen molar-refractivity contribution in [3.05, 3.63) is 63.7 Å². The largest absolute Gasteiger partial charge is 0.258 e. The molecule has 32 heavy (non-hydrogen) atoms. The molecule has 0 saturated carbocycles. The lowest BCUT2D eigenvalue weighted by Crippen LogP contribution is -1.94. The van der Waals surface area contributed by atoms with Crippen molar-refractivity contribution in [3.8, 4) is 27.5 Å². The van der Waals surface area contributed by atoms with E-state index in [0.717, 1.165) is 55.2 Å². The Kier molecular flexibility index (Phi) is 6.96. The number of rotatable bonds is 6. The van der Waals surface area contributed by atoms with Crippen molar-refractivity contribution in [2.45, 2.75) is 50.5 Å².